The number of aryl methyl sites for hydroxylation is 1. The molecule has 6 N–H and O–H groups in total. The largest absolute Gasteiger partial charge is 0.508 e. The number of aromatic carboxylic acids is 1. The first-order valence-corrected chi connectivity index (χ1v) is 21.6. The molecule has 11 nitrogen and oxygen atoms in total. The van der Waals surface area contributed by atoms with E-state index in [4.69, 9.17) is 28.2 Å². The number of aromatic hydroxyl groups is 1. The van der Waals surface area contributed by atoms with Crippen molar-refractivity contribution in [1.82, 2.24) is 10.3 Å². The number of thiocarbonyl (C=S) groups is 1. The van der Waals surface area contributed by atoms with E-state index in [1.807, 2.05) is 17.5 Å². The van der Waals surface area contributed by atoms with Gasteiger partial charge in [-0.1, -0.05) is 79.7 Å². The summed E-state index contributed by atoms with van der Waals surface area (Å²) in [5.41, 5.74) is 6.13. The lowest BCUT2D eigenvalue weighted by Gasteiger charge is -2.18. The van der Waals surface area contributed by atoms with Crippen LogP contribution in [0, 0.1) is 0 Å². The first-order chi connectivity index (χ1) is 29.5. The zero-order valence-electron chi connectivity index (χ0n) is 32.9. The van der Waals surface area contributed by atoms with E-state index in [0.29, 0.717) is 61.6 Å². The number of aliphatic carboxylic acids is 1. The minimum absolute atomic E-state index is 0.0181. The number of anilines is 2. The van der Waals surface area contributed by atoms with Crippen molar-refractivity contribution in [3.8, 4) is 39.5 Å². The number of phenols is 1. The highest BCUT2D eigenvalue weighted by Gasteiger charge is 2.23. The van der Waals surface area contributed by atoms with Gasteiger partial charge in [0, 0.05) is 63.3 Å². The fraction of sp³-hybridized carbons (Fsp3) is 0.213. The summed E-state index contributed by atoms with van der Waals surface area (Å²) in [6.45, 7) is 0.683. The molecule has 0 spiro atoms. The Bertz CT molecular complexity index is 2700. The number of phenolic OH excluding ortho intramolecular Hbond substituents is 1. The number of aromatic nitrogens is 1. The van der Waals surface area contributed by atoms with Crippen LogP contribution in [-0.2, 0) is 17.6 Å². The Morgan fingerprint density at radius 2 is 1.54 bits per heavy atom. The van der Waals surface area contributed by atoms with Crippen LogP contribution in [0.25, 0.3) is 44.7 Å². The van der Waals surface area contributed by atoms with Crippen LogP contribution >= 0.6 is 35.2 Å². The van der Waals surface area contributed by atoms with Gasteiger partial charge >= 0.3 is 11.9 Å². The second-order valence-corrected chi connectivity index (χ2v) is 16.4. The molecule has 1 aliphatic carbocycles. The summed E-state index contributed by atoms with van der Waals surface area (Å²) in [6, 6.07) is 28.7. The number of halogens is 1. The molecule has 61 heavy (non-hydrogen) atoms. The predicted molar refractivity (Wildman–Crippen MR) is 247 cm³/mol. The maximum Gasteiger partial charge on any atom is 0.336 e. The molecule has 14 heteroatoms. The van der Waals surface area contributed by atoms with E-state index in [2.05, 4.69) is 45.2 Å². The van der Waals surface area contributed by atoms with Crippen LogP contribution in [0.15, 0.2) is 118 Å². The highest BCUT2D eigenvalue weighted by Crippen LogP contribution is 2.42. The maximum absolute atomic E-state index is 12.6. The fourth-order valence-corrected chi connectivity index (χ4v) is 8.34. The fourth-order valence-electron chi connectivity index (χ4n) is 7.22. The van der Waals surface area contributed by atoms with Gasteiger partial charge in [0.15, 0.2) is 15.7 Å². The van der Waals surface area contributed by atoms with Crippen LogP contribution < -0.4 is 21.4 Å². The Balaban J connectivity index is 0.822. The van der Waals surface area contributed by atoms with Gasteiger partial charge in [0.2, 0.25) is 0 Å². The lowest BCUT2D eigenvalue weighted by molar-refractivity contribution is -0.137. The molecule has 7 rings (SSSR count). The topological polar surface area (TPSA) is 174 Å². The quantitative estimate of drug-likeness (QED) is 0.0274. The Kier molecular flexibility index (Phi) is 13.9. The lowest BCUT2D eigenvalue weighted by Crippen LogP contribution is -2.31. The average molecular weight is 875 g/mol. The maximum atomic E-state index is 12.6. The van der Waals surface area contributed by atoms with Gasteiger partial charge in [0.25, 0.3) is 0 Å². The summed E-state index contributed by atoms with van der Waals surface area (Å²) in [4.78, 5) is 41.3. The number of carboxylic acids is 2. The highest BCUT2D eigenvalue weighted by molar-refractivity contribution is 7.80. The first kappa shape index (κ1) is 42.8. The number of rotatable bonds is 18. The number of fused-ring (bicyclic) bond motifs is 2. The van der Waals surface area contributed by atoms with Gasteiger partial charge in [-0.2, -0.15) is 0 Å². The van der Waals surface area contributed by atoms with Gasteiger partial charge in [-0.15, -0.1) is 11.3 Å². The molecule has 1 aliphatic heterocycles. The number of nitrogens with one attached hydrogen (secondary N) is 3. The van der Waals surface area contributed by atoms with Crippen molar-refractivity contribution in [1.29, 1.82) is 0 Å². The third-order valence-electron chi connectivity index (χ3n) is 10.3. The van der Waals surface area contributed by atoms with Crippen LogP contribution in [-0.4, -0.2) is 49.9 Å². The molecule has 1 atom stereocenters. The van der Waals surface area contributed by atoms with Gasteiger partial charge in [0.1, 0.15) is 23.1 Å². The van der Waals surface area contributed by atoms with E-state index in [9.17, 15) is 29.7 Å². The summed E-state index contributed by atoms with van der Waals surface area (Å²) in [5.74, 6) is -1.81. The second kappa shape index (κ2) is 19.9. The summed E-state index contributed by atoms with van der Waals surface area (Å²) in [7, 11) is 0. The molecule has 5 aromatic rings. The van der Waals surface area contributed by atoms with Crippen LogP contribution in [0.4, 0.5) is 10.8 Å². The van der Waals surface area contributed by atoms with E-state index in [1.165, 1.54) is 47.2 Å². The average Bonchev–Trinajstić information content (AvgIpc) is 3.71. The van der Waals surface area contributed by atoms with Gasteiger partial charge in [-0.3, -0.25) is 4.79 Å². The standard InChI is InChI=1S/C47H43ClN4O7S2/c48-31-14-10-29(11-15-31)23-39(45(57)58)51-47-52-40(27-61-47)30-12-8-28(9-13-30)7-5-3-1-2-4-6-22-49-46(60)50-32-16-19-35(38(24-32)44(55)56)43-36-20-17-33(53)25-41(36)59-42-26-34(54)18-21-37(42)43/h8-21,24-27,39,53H,1-7,22-23H2,(H,51,52)(H,55,56)(H,57,58)(H2,49,50,60). The van der Waals surface area contributed by atoms with E-state index in [1.54, 1.807) is 36.4 Å². The molecular formula is C47H43ClN4O7S2. The summed E-state index contributed by atoms with van der Waals surface area (Å²) in [6.07, 6.45) is 7.76. The molecule has 1 unspecified atom stereocenters. The zero-order valence-corrected chi connectivity index (χ0v) is 35.3. The summed E-state index contributed by atoms with van der Waals surface area (Å²) in [5, 5.41) is 43.6. The number of carboxylic acid groups (broad SMARTS) is 2. The normalized spacial score (nSPS) is 11.7. The predicted octanol–water partition coefficient (Wildman–Crippen LogP) is 10.7. The monoisotopic (exact) mass is 874 g/mol. The molecule has 0 fully saturated rings. The molecule has 0 bridgehead atoms. The second-order valence-electron chi connectivity index (χ2n) is 14.7. The van der Waals surface area contributed by atoms with Crippen molar-refractivity contribution >= 4 is 74.0 Å². The Morgan fingerprint density at radius 1 is 0.820 bits per heavy atom. The van der Waals surface area contributed by atoms with E-state index in [0.717, 1.165) is 61.8 Å². The third-order valence-corrected chi connectivity index (χ3v) is 11.6. The number of unbranched alkanes of at least 4 members (excludes halogenated alkanes) is 5. The molecule has 4 aromatic carbocycles. The van der Waals surface area contributed by atoms with Crippen molar-refractivity contribution in [2.24, 2.45) is 0 Å². The van der Waals surface area contributed by atoms with Crippen molar-refractivity contribution in [3.63, 3.8) is 0 Å². The lowest BCUT2D eigenvalue weighted by atomic mass is 9.90. The Morgan fingerprint density at radius 3 is 2.30 bits per heavy atom. The molecule has 1 aromatic heterocycles. The third kappa shape index (κ3) is 11.1. The minimum Gasteiger partial charge on any atom is -0.508 e. The van der Waals surface area contributed by atoms with Gasteiger partial charge in [-0.05, 0) is 96.7 Å². The Labute approximate surface area is 366 Å². The van der Waals surface area contributed by atoms with Crippen LogP contribution in [0.5, 0.6) is 5.75 Å². The molecule has 312 valence electrons. The number of carbonyl (C=O) groups is 2. The van der Waals surface area contributed by atoms with Crippen molar-refractivity contribution < 1.29 is 29.3 Å². The van der Waals surface area contributed by atoms with Gasteiger partial charge < -0.3 is 35.7 Å². The van der Waals surface area contributed by atoms with Crippen molar-refractivity contribution in [2.75, 3.05) is 17.2 Å². The number of benzene rings is 5. The molecule has 2 heterocycles. The SMILES string of the molecule is O=C(O)c1cc(NC(=S)NCCCCCCCCc2ccc(-c3csc(NC(Cc4ccc(Cl)cc4)C(=O)O)n3)cc2)ccc1-c1c2ccc(=O)cc-2oc2cc(O)ccc12. The van der Waals surface area contributed by atoms with E-state index in [-0.39, 0.29) is 22.5 Å². The molecule has 2 aliphatic rings. The first-order valence-electron chi connectivity index (χ1n) is 19.9. The smallest absolute Gasteiger partial charge is 0.336 e. The number of hydrogen-bond donors (Lipinski definition) is 6. The van der Waals surface area contributed by atoms with Gasteiger partial charge in [0.05, 0.1) is 11.3 Å². The summed E-state index contributed by atoms with van der Waals surface area (Å²) >= 11 is 12.9. The molecule has 0 saturated carbocycles. The minimum atomic E-state index is -1.13. The van der Waals surface area contributed by atoms with Gasteiger partial charge in [-0.25, -0.2) is 14.6 Å². The Hall–Kier alpha value is -6.28. The van der Waals surface area contributed by atoms with Crippen molar-refractivity contribution in [3.05, 3.63) is 140 Å². The van der Waals surface area contributed by atoms with E-state index < -0.39 is 18.0 Å². The highest BCUT2D eigenvalue weighted by atomic mass is 35.5. The summed E-state index contributed by atoms with van der Waals surface area (Å²) < 4.78 is 5.92. The van der Waals surface area contributed by atoms with Crippen LogP contribution in [0.1, 0.15) is 60.0 Å². The molecule has 0 amide bonds. The number of hydrogen-bond acceptors (Lipinski definition) is 9. The van der Waals surface area contributed by atoms with Crippen LogP contribution in [0.3, 0.4) is 0 Å². The molecular weight excluding hydrogens is 832 g/mol. The van der Waals surface area contributed by atoms with Crippen molar-refractivity contribution in [2.45, 2.75) is 57.4 Å². The zero-order chi connectivity index (χ0) is 42.9. The number of thiazole rings is 1. The molecule has 0 saturated heterocycles. The number of nitrogens with zero attached hydrogens (tertiary/aromatic N) is 1. The molecule has 0 radical (unpaired) electrons. The van der Waals surface area contributed by atoms with Crippen LogP contribution in [0.2, 0.25) is 5.02 Å². The van der Waals surface area contributed by atoms with E-state index >= 15 is 0 Å².